The number of fused-ring (bicyclic) bond motifs is 1. The van der Waals surface area contributed by atoms with Crippen LogP contribution < -0.4 is 5.32 Å². The van der Waals surface area contributed by atoms with Gasteiger partial charge in [-0.2, -0.15) is 0 Å². The molecule has 0 aliphatic carbocycles. The van der Waals surface area contributed by atoms with Gasteiger partial charge in [0, 0.05) is 22.8 Å². The smallest absolute Gasteiger partial charge is 0.341 e. The van der Waals surface area contributed by atoms with Crippen LogP contribution in [0.15, 0.2) is 97.2 Å². The molecule has 0 saturated heterocycles. The first kappa shape index (κ1) is 26.1. The maximum Gasteiger partial charge on any atom is 0.341 e. The van der Waals surface area contributed by atoms with Gasteiger partial charge in [-0.25, -0.2) is 4.79 Å². The summed E-state index contributed by atoms with van der Waals surface area (Å²) in [7, 11) is 0. The number of aryl methyl sites for hydroxylation is 3. The van der Waals surface area contributed by atoms with Gasteiger partial charge in [-0.05, 0) is 50.5 Å². The van der Waals surface area contributed by atoms with Gasteiger partial charge in [-0.1, -0.05) is 96.1 Å². The average Bonchev–Trinajstić information content (AvgIpc) is 2.94. The second kappa shape index (κ2) is 10.7. The lowest BCUT2D eigenvalue weighted by atomic mass is 9.79. The van der Waals surface area contributed by atoms with Crippen molar-refractivity contribution in [2.24, 2.45) is 0 Å². The molecule has 0 bridgehead atoms. The third kappa shape index (κ3) is 4.89. The van der Waals surface area contributed by atoms with Crippen molar-refractivity contribution in [2.45, 2.75) is 33.3 Å². The fraction of sp³-hybridized carbons (Fsp3) is 0.176. The van der Waals surface area contributed by atoms with Crippen LogP contribution in [0.2, 0.25) is 0 Å². The zero-order chi connectivity index (χ0) is 27.6. The highest BCUT2D eigenvalue weighted by Gasteiger charge is 2.36. The van der Waals surface area contributed by atoms with Crippen LogP contribution in [0, 0.1) is 20.8 Å². The summed E-state index contributed by atoms with van der Waals surface area (Å²) in [6.45, 7) is 8.08. The lowest BCUT2D eigenvalue weighted by molar-refractivity contribution is 0.0527. The monoisotopic (exact) mass is 516 g/mol. The molecule has 0 fully saturated rings. The summed E-state index contributed by atoms with van der Waals surface area (Å²) in [6.07, 6.45) is 1.54. The average molecular weight is 517 g/mol. The molecule has 5 nitrogen and oxygen atoms in total. The van der Waals surface area contributed by atoms with Crippen LogP contribution >= 0.6 is 0 Å². The molecule has 4 aromatic carbocycles. The van der Waals surface area contributed by atoms with Gasteiger partial charge in [-0.3, -0.25) is 4.98 Å². The highest BCUT2D eigenvalue weighted by atomic mass is 16.5. The van der Waals surface area contributed by atoms with Crippen molar-refractivity contribution in [3.8, 4) is 0 Å². The minimum absolute atomic E-state index is 0.251. The molecule has 5 rings (SSSR count). The molecular weight excluding hydrogens is 484 g/mol. The van der Waals surface area contributed by atoms with Crippen LogP contribution in [0.4, 0.5) is 11.4 Å². The number of benzene rings is 4. The molecule has 2 N–H and O–H groups in total. The molecule has 0 radical (unpaired) electrons. The lowest BCUT2D eigenvalue weighted by Gasteiger charge is -2.31. The first-order valence-electron chi connectivity index (χ1n) is 13.1. The molecule has 196 valence electrons. The number of esters is 1. The van der Waals surface area contributed by atoms with Crippen LogP contribution in [-0.4, -0.2) is 22.7 Å². The Labute approximate surface area is 229 Å². The summed E-state index contributed by atoms with van der Waals surface area (Å²) in [5.41, 5.74) is 6.21. The van der Waals surface area contributed by atoms with E-state index in [1.54, 1.807) is 6.92 Å². The summed E-state index contributed by atoms with van der Waals surface area (Å²) in [5.74, 6) is -0.458. The van der Waals surface area contributed by atoms with Gasteiger partial charge in [0.25, 0.3) is 0 Å². The molecule has 0 aliphatic rings. The number of aliphatic hydroxyl groups is 1. The first-order chi connectivity index (χ1) is 18.8. The lowest BCUT2D eigenvalue weighted by Crippen LogP contribution is -2.29. The predicted molar refractivity (Wildman–Crippen MR) is 157 cm³/mol. The SMILES string of the molecule is CCOC(=O)c1cnc2c(C(O)(c3ccc(C)cc3)c3ccc(C)cc3)cccc2c1Nc1ccccc1C. The maximum atomic E-state index is 13.0. The van der Waals surface area contributed by atoms with Gasteiger partial charge in [0.15, 0.2) is 0 Å². The molecular formula is C34H32N2O3. The Bertz CT molecular complexity index is 1600. The minimum Gasteiger partial charge on any atom is -0.462 e. The summed E-state index contributed by atoms with van der Waals surface area (Å²) in [6, 6.07) is 29.4. The molecule has 1 heterocycles. The Morgan fingerprint density at radius 2 is 1.46 bits per heavy atom. The fourth-order valence-electron chi connectivity index (χ4n) is 4.93. The van der Waals surface area contributed by atoms with Gasteiger partial charge < -0.3 is 15.2 Å². The number of carbonyl (C=O) groups excluding carboxylic acids is 1. The van der Waals surface area contributed by atoms with Crippen LogP contribution in [0.3, 0.4) is 0 Å². The molecule has 0 saturated carbocycles. The van der Waals surface area contributed by atoms with Gasteiger partial charge in [0.1, 0.15) is 11.2 Å². The van der Waals surface area contributed by atoms with Crippen molar-refractivity contribution in [3.05, 3.63) is 136 Å². The largest absolute Gasteiger partial charge is 0.462 e. The van der Waals surface area contributed by atoms with Crippen molar-refractivity contribution < 1.29 is 14.6 Å². The highest BCUT2D eigenvalue weighted by Crippen LogP contribution is 2.42. The number of anilines is 2. The zero-order valence-electron chi connectivity index (χ0n) is 22.7. The third-order valence-corrected chi connectivity index (χ3v) is 7.13. The minimum atomic E-state index is -1.49. The number of rotatable bonds is 7. The number of hydrogen-bond donors (Lipinski definition) is 2. The molecule has 0 aliphatic heterocycles. The van der Waals surface area contributed by atoms with E-state index in [9.17, 15) is 9.90 Å². The number of nitrogens with one attached hydrogen (secondary N) is 1. The number of nitrogens with zero attached hydrogens (tertiary/aromatic N) is 1. The Kier molecular flexibility index (Phi) is 7.18. The molecule has 0 atom stereocenters. The van der Waals surface area contributed by atoms with Crippen molar-refractivity contribution in [1.29, 1.82) is 0 Å². The Balaban J connectivity index is 1.80. The summed E-state index contributed by atoms with van der Waals surface area (Å²) < 4.78 is 5.38. The maximum absolute atomic E-state index is 13.0. The van der Waals surface area contributed by atoms with Crippen LogP contribution in [0.5, 0.6) is 0 Å². The number of pyridine rings is 1. The van der Waals surface area contributed by atoms with Crippen molar-refractivity contribution in [3.63, 3.8) is 0 Å². The van der Waals surface area contributed by atoms with Crippen LogP contribution in [0.25, 0.3) is 10.9 Å². The third-order valence-electron chi connectivity index (χ3n) is 7.13. The first-order valence-corrected chi connectivity index (χ1v) is 13.1. The van der Waals surface area contributed by atoms with E-state index in [1.165, 1.54) is 6.20 Å². The molecule has 1 aromatic heterocycles. The molecule has 0 spiro atoms. The second-order valence-corrected chi connectivity index (χ2v) is 9.85. The molecule has 5 heteroatoms. The van der Waals surface area contributed by atoms with Crippen molar-refractivity contribution in [2.75, 3.05) is 11.9 Å². The van der Waals surface area contributed by atoms with Crippen LogP contribution in [-0.2, 0) is 10.3 Å². The van der Waals surface area contributed by atoms with E-state index in [4.69, 9.17) is 9.72 Å². The summed E-state index contributed by atoms with van der Waals surface area (Å²) in [5, 5.41) is 16.8. The van der Waals surface area contributed by atoms with E-state index >= 15 is 0 Å². The number of para-hydroxylation sites is 2. The number of hydrogen-bond acceptors (Lipinski definition) is 5. The van der Waals surface area contributed by atoms with E-state index in [0.717, 1.165) is 33.5 Å². The quantitative estimate of drug-likeness (QED) is 0.175. The summed E-state index contributed by atoms with van der Waals surface area (Å²) in [4.78, 5) is 17.8. The van der Waals surface area contributed by atoms with E-state index in [-0.39, 0.29) is 6.61 Å². The van der Waals surface area contributed by atoms with Gasteiger partial charge in [-0.15, -0.1) is 0 Å². The molecule has 39 heavy (non-hydrogen) atoms. The van der Waals surface area contributed by atoms with Gasteiger partial charge in [0.2, 0.25) is 0 Å². The zero-order valence-corrected chi connectivity index (χ0v) is 22.7. The molecule has 5 aromatic rings. The second-order valence-electron chi connectivity index (χ2n) is 9.85. The van der Waals surface area contributed by atoms with E-state index in [0.29, 0.717) is 27.7 Å². The molecule has 0 amide bonds. The van der Waals surface area contributed by atoms with E-state index in [1.807, 2.05) is 112 Å². The Morgan fingerprint density at radius 3 is 2.05 bits per heavy atom. The van der Waals surface area contributed by atoms with Crippen molar-refractivity contribution >= 4 is 28.2 Å². The molecule has 0 unspecified atom stereocenters. The van der Waals surface area contributed by atoms with Crippen LogP contribution in [0.1, 0.15) is 50.7 Å². The highest BCUT2D eigenvalue weighted by molar-refractivity contribution is 6.07. The number of ether oxygens (including phenoxy) is 1. The number of carbonyl (C=O) groups is 1. The normalized spacial score (nSPS) is 11.4. The topological polar surface area (TPSA) is 71.5 Å². The van der Waals surface area contributed by atoms with Crippen molar-refractivity contribution in [1.82, 2.24) is 4.98 Å². The van der Waals surface area contributed by atoms with Gasteiger partial charge >= 0.3 is 5.97 Å². The number of aromatic nitrogens is 1. The Morgan fingerprint density at radius 1 is 0.846 bits per heavy atom. The fourth-order valence-corrected chi connectivity index (χ4v) is 4.93. The van der Waals surface area contributed by atoms with Gasteiger partial charge in [0.05, 0.1) is 17.8 Å². The Hall–Kier alpha value is -4.48. The predicted octanol–water partition coefficient (Wildman–Crippen LogP) is 7.36. The van der Waals surface area contributed by atoms with E-state index in [2.05, 4.69) is 5.32 Å². The standard InChI is InChI=1S/C34H32N2O3/c1-5-39-33(37)28-21-35-32-27(31(28)36-30-12-7-6-9-24(30)4)10-8-11-29(32)34(38,25-17-13-22(2)14-18-25)26-19-15-23(3)16-20-26/h6-21,38H,5H2,1-4H3,(H,35,36). The van der Waals surface area contributed by atoms with E-state index < -0.39 is 11.6 Å². The summed E-state index contributed by atoms with van der Waals surface area (Å²) >= 11 is 0.